The average molecular weight is 474 g/mol. The minimum atomic E-state index is -3.70. The van der Waals surface area contributed by atoms with Gasteiger partial charge in [-0.1, -0.05) is 12.1 Å². The van der Waals surface area contributed by atoms with Crippen LogP contribution in [0, 0.1) is 5.92 Å². The summed E-state index contributed by atoms with van der Waals surface area (Å²) in [6, 6.07) is 13.2. The van der Waals surface area contributed by atoms with Gasteiger partial charge in [-0.3, -0.25) is 9.59 Å². The maximum absolute atomic E-state index is 13.1. The van der Waals surface area contributed by atoms with Gasteiger partial charge in [-0.05, 0) is 63.1 Å². The van der Waals surface area contributed by atoms with Gasteiger partial charge in [-0.15, -0.1) is 0 Å². The highest BCUT2D eigenvalue weighted by atomic mass is 32.2. The third-order valence-corrected chi connectivity index (χ3v) is 7.89. The van der Waals surface area contributed by atoms with E-state index in [1.54, 1.807) is 36.3 Å². The van der Waals surface area contributed by atoms with Crippen molar-refractivity contribution in [2.75, 3.05) is 38.6 Å². The molecule has 2 aromatic carbocycles. The number of benzene rings is 2. The average Bonchev–Trinajstić information content (AvgIpc) is 2.85. The fraction of sp³-hybridized carbons (Fsp3) is 0.417. The Bertz CT molecular complexity index is 1070. The van der Waals surface area contributed by atoms with E-state index in [0.717, 1.165) is 0 Å². The van der Waals surface area contributed by atoms with Crippen LogP contribution in [0.2, 0.25) is 0 Å². The number of nitrogens with zero attached hydrogens (tertiary/aromatic N) is 2. The molecular formula is C24H31N3O5S. The molecular weight excluding hydrogens is 442 g/mol. The van der Waals surface area contributed by atoms with Gasteiger partial charge in [0, 0.05) is 37.7 Å². The zero-order chi connectivity index (χ0) is 24.0. The summed E-state index contributed by atoms with van der Waals surface area (Å²) in [5.74, 6) is 0.0332. The lowest BCUT2D eigenvalue weighted by Gasteiger charge is -2.30. The number of para-hydroxylation sites is 2. The van der Waals surface area contributed by atoms with Crippen LogP contribution in [-0.2, 0) is 14.8 Å². The molecule has 8 nitrogen and oxygen atoms in total. The van der Waals surface area contributed by atoms with E-state index in [-0.39, 0.29) is 35.7 Å². The molecule has 0 saturated carbocycles. The van der Waals surface area contributed by atoms with Gasteiger partial charge in [0.2, 0.25) is 15.9 Å². The van der Waals surface area contributed by atoms with Gasteiger partial charge in [0.05, 0.1) is 17.7 Å². The van der Waals surface area contributed by atoms with Crippen molar-refractivity contribution in [3.8, 4) is 5.75 Å². The summed E-state index contributed by atoms with van der Waals surface area (Å²) in [5, 5.41) is 2.88. The summed E-state index contributed by atoms with van der Waals surface area (Å²) in [7, 11) is -2.16. The molecule has 3 rings (SSSR count). The maximum Gasteiger partial charge on any atom is 0.253 e. The van der Waals surface area contributed by atoms with Crippen LogP contribution < -0.4 is 10.1 Å². The van der Waals surface area contributed by atoms with Crippen molar-refractivity contribution in [2.24, 2.45) is 5.92 Å². The van der Waals surface area contributed by atoms with Crippen molar-refractivity contribution in [3.63, 3.8) is 0 Å². The van der Waals surface area contributed by atoms with Crippen molar-refractivity contribution < 1.29 is 22.7 Å². The van der Waals surface area contributed by atoms with Crippen LogP contribution >= 0.6 is 0 Å². The molecule has 33 heavy (non-hydrogen) atoms. The lowest BCUT2D eigenvalue weighted by atomic mass is 9.97. The molecule has 2 amide bonds. The van der Waals surface area contributed by atoms with E-state index < -0.39 is 10.0 Å². The molecule has 1 heterocycles. The predicted octanol–water partition coefficient (Wildman–Crippen LogP) is 3.22. The third kappa shape index (κ3) is 5.54. The van der Waals surface area contributed by atoms with Gasteiger partial charge in [-0.25, -0.2) is 8.42 Å². The molecule has 9 heteroatoms. The smallest absolute Gasteiger partial charge is 0.253 e. The van der Waals surface area contributed by atoms with Crippen molar-refractivity contribution in [1.29, 1.82) is 0 Å². The van der Waals surface area contributed by atoms with Crippen molar-refractivity contribution in [3.05, 3.63) is 54.1 Å². The van der Waals surface area contributed by atoms with Gasteiger partial charge in [0.15, 0.2) is 0 Å². The molecule has 1 fully saturated rings. The normalized spacial score (nSPS) is 15.1. The Hall–Kier alpha value is -2.91. The first-order valence-electron chi connectivity index (χ1n) is 11.1. The molecule has 1 N–H and O–H groups in total. The monoisotopic (exact) mass is 473 g/mol. The molecule has 0 atom stereocenters. The van der Waals surface area contributed by atoms with E-state index in [2.05, 4.69) is 5.32 Å². The van der Waals surface area contributed by atoms with Crippen molar-refractivity contribution >= 4 is 27.5 Å². The lowest BCUT2D eigenvalue weighted by Crippen LogP contribution is -2.41. The van der Waals surface area contributed by atoms with Gasteiger partial charge in [0.1, 0.15) is 5.75 Å². The SMILES string of the molecule is CCN(CC)C(=O)c1ccc(S(=O)(=O)N2CCC(C(=O)Nc3ccccc3OC)CC2)cc1. The Balaban J connectivity index is 1.62. The quantitative estimate of drug-likeness (QED) is 0.635. The van der Waals surface area contributed by atoms with Gasteiger partial charge >= 0.3 is 0 Å². The topological polar surface area (TPSA) is 96.0 Å². The largest absolute Gasteiger partial charge is 0.495 e. The number of nitrogens with one attached hydrogen (secondary N) is 1. The molecule has 1 aliphatic rings. The Labute approximate surface area is 195 Å². The number of methoxy groups -OCH3 is 1. The van der Waals surface area contributed by atoms with Gasteiger partial charge in [0.25, 0.3) is 5.91 Å². The van der Waals surface area contributed by atoms with Crippen LogP contribution in [-0.4, -0.2) is 62.7 Å². The number of rotatable bonds is 8. The number of piperidine rings is 1. The summed E-state index contributed by atoms with van der Waals surface area (Å²) in [6.45, 7) is 5.50. The van der Waals surface area contributed by atoms with Crippen molar-refractivity contribution in [2.45, 2.75) is 31.6 Å². The fourth-order valence-corrected chi connectivity index (χ4v) is 5.42. The Kier molecular flexibility index (Phi) is 8.10. The molecule has 0 unspecified atom stereocenters. The number of amides is 2. The van der Waals surface area contributed by atoms with Gasteiger partial charge < -0.3 is 15.0 Å². The van der Waals surface area contributed by atoms with Crippen LogP contribution in [0.4, 0.5) is 5.69 Å². The molecule has 0 aliphatic carbocycles. The minimum absolute atomic E-state index is 0.120. The van der Waals surface area contributed by atoms with E-state index in [1.165, 1.54) is 16.4 Å². The molecule has 0 bridgehead atoms. The number of hydrogen-bond acceptors (Lipinski definition) is 5. The van der Waals surface area contributed by atoms with E-state index in [1.807, 2.05) is 26.0 Å². The second-order valence-electron chi connectivity index (χ2n) is 7.87. The summed E-state index contributed by atoms with van der Waals surface area (Å²) in [4.78, 5) is 27.0. The van der Waals surface area contributed by atoms with Crippen LogP contribution in [0.25, 0.3) is 0 Å². The molecule has 0 radical (unpaired) electrons. The second kappa shape index (κ2) is 10.8. The second-order valence-corrected chi connectivity index (χ2v) is 9.81. The Morgan fingerprint density at radius 1 is 1.03 bits per heavy atom. The Morgan fingerprint density at radius 3 is 2.21 bits per heavy atom. The Morgan fingerprint density at radius 2 is 1.64 bits per heavy atom. The molecule has 1 saturated heterocycles. The standard InChI is InChI=1S/C24H31N3O5S/c1-4-26(5-2)24(29)19-10-12-20(13-11-19)33(30,31)27-16-14-18(15-17-27)23(28)25-21-8-6-7-9-22(21)32-3/h6-13,18H,4-5,14-17H2,1-3H3,(H,25,28). The number of hydrogen-bond donors (Lipinski definition) is 1. The molecule has 178 valence electrons. The highest BCUT2D eigenvalue weighted by molar-refractivity contribution is 7.89. The molecule has 2 aromatic rings. The van der Waals surface area contributed by atoms with Crippen molar-refractivity contribution in [1.82, 2.24) is 9.21 Å². The van der Waals surface area contributed by atoms with E-state index >= 15 is 0 Å². The van der Waals surface area contributed by atoms with Crippen LogP contribution in [0.3, 0.4) is 0 Å². The number of sulfonamides is 1. The maximum atomic E-state index is 13.1. The zero-order valence-electron chi connectivity index (χ0n) is 19.3. The summed E-state index contributed by atoms with van der Waals surface area (Å²) in [5.41, 5.74) is 1.06. The van der Waals surface area contributed by atoms with E-state index in [4.69, 9.17) is 4.74 Å². The highest BCUT2D eigenvalue weighted by Crippen LogP contribution is 2.28. The molecule has 0 spiro atoms. The van der Waals surface area contributed by atoms with Crippen LogP contribution in [0.5, 0.6) is 5.75 Å². The number of carbonyl (C=O) groups excluding carboxylic acids is 2. The molecule has 1 aliphatic heterocycles. The summed E-state index contributed by atoms with van der Waals surface area (Å²) < 4.78 is 32.8. The third-order valence-electron chi connectivity index (χ3n) is 5.98. The molecule has 0 aromatic heterocycles. The predicted molar refractivity (Wildman–Crippen MR) is 127 cm³/mol. The first-order valence-corrected chi connectivity index (χ1v) is 12.6. The fourth-order valence-electron chi connectivity index (χ4n) is 3.95. The van der Waals surface area contributed by atoms with Crippen LogP contribution in [0.1, 0.15) is 37.0 Å². The van der Waals surface area contributed by atoms with E-state index in [9.17, 15) is 18.0 Å². The number of carbonyl (C=O) groups is 2. The number of ether oxygens (including phenoxy) is 1. The first kappa shape index (κ1) is 24.7. The van der Waals surface area contributed by atoms with E-state index in [0.29, 0.717) is 42.9 Å². The minimum Gasteiger partial charge on any atom is -0.495 e. The van der Waals surface area contributed by atoms with Gasteiger partial charge in [-0.2, -0.15) is 4.31 Å². The lowest BCUT2D eigenvalue weighted by molar-refractivity contribution is -0.120. The summed E-state index contributed by atoms with van der Waals surface area (Å²) >= 11 is 0. The van der Waals surface area contributed by atoms with Crippen LogP contribution in [0.15, 0.2) is 53.4 Å². The number of anilines is 1. The highest BCUT2D eigenvalue weighted by Gasteiger charge is 2.32. The zero-order valence-corrected chi connectivity index (χ0v) is 20.1. The summed E-state index contributed by atoms with van der Waals surface area (Å²) in [6.07, 6.45) is 0.859. The first-order chi connectivity index (χ1) is 15.8.